The molecule has 0 bridgehead atoms. The molecule has 10 heteroatoms. The Morgan fingerprint density at radius 1 is 0.974 bits per heavy atom. The van der Waals surface area contributed by atoms with Crippen molar-refractivity contribution in [3.63, 3.8) is 0 Å². The summed E-state index contributed by atoms with van der Waals surface area (Å²) in [6, 6.07) is 14.9. The average Bonchev–Trinajstić information content (AvgIpc) is 3.09. The van der Waals surface area contributed by atoms with Crippen LogP contribution in [0, 0.1) is 0 Å². The maximum Gasteiger partial charge on any atom is 0.330 e. The monoisotopic (exact) mass is 558 g/mol. The Balaban J connectivity index is 0.000000580. The van der Waals surface area contributed by atoms with Crippen LogP contribution < -0.4 is 10.2 Å². The first-order valence-electron chi connectivity index (χ1n) is 12.6. The van der Waals surface area contributed by atoms with Gasteiger partial charge in [-0.1, -0.05) is 41.9 Å². The number of aryl methyl sites for hydroxylation is 2. The lowest BCUT2D eigenvalue weighted by Gasteiger charge is -2.27. The van der Waals surface area contributed by atoms with Crippen LogP contribution in [0.15, 0.2) is 67.1 Å². The van der Waals surface area contributed by atoms with Crippen molar-refractivity contribution in [2.75, 3.05) is 44.9 Å². The van der Waals surface area contributed by atoms with E-state index in [1.165, 1.54) is 28.6 Å². The summed E-state index contributed by atoms with van der Waals surface area (Å²) in [6.07, 6.45) is 9.31. The number of esters is 1. The number of carbonyl (C=O) groups excluding carboxylic acids is 3. The fraction of sp³-hybridized carbons (Fsp3) is 0.345. The highest BCUT2D eigenvalue weighted by Crippen LogP contribution is 2.37. The standard InChI is InChI=1S/C25H31ClN2O3.C4H4O4/c1-30-17-18-31-25(29)9-6-15-27-14-4-5-16-28-23-8-3-2-7-20(23)10-11-21-12-13-22(26)19-24(21)28;5-3-7-1-2-8-4-6/h2-3,6-9,12-13,19,27H,4-5,10-11,14-18H2,1H3;1-4H/b9-6+;2-1-. The van der Waals surface area contributed by atoms with Crippen LogP contribution >= 0.6 is 11.6 Å². The minimum Gasteiger partial charge on any atom is -0.460 e. The van der Waals surface area contributed by atoms with E-state index in [1.54, 1.807) is 13.2 Å². The van der Waals surface area contributed by atoms with Crippen LogP contribution in [0.1, 0.15) is 24.0 Å². The van der Waals surface area contributed by atoms with Gasteiger partial charge in [-0.2, -0.15) is 0 Å². The van der Waals surface area contributed by atoms with Gasteiger partial charge >= 0.3 is 5.97 Å². The topological polar surface area (TPSA) is 103 Å². The van der Waals surface area contributed by atoms with Gasteiger partial charge in [0.15, 0.2) is 0 Å². The van der Waals surface area contributed by atoms with Crippen LogP contribution in [0.4, 0.5) is 11.4 Å². The highest BCUT2D eigenvalue weighted by atomic mass is 35.5. The second-order valence-electron chi connectivity index (χ2n) is 8.26. The van der Waals surface area contributed by atoms with E-state index in [-0.39, 0.29) is 25.5 Å². The zero-order chi connectivity index (χ0) is 28.1. The largest absolute Gasteiger partial charge is 0.460 e. The minimum absolute atomic E-state index is 0.213. The van der Waals surface area contributed by atoms with Gasteiger partial charge in [-0.25, -0.2) is 4.79 Å². The van der Waals surface area contributed by atoms with Gasteiger partial charge < -0.3 is 29.2 Å². The fourth-order valence-electron chi connectivity index (χ4n) is 3.89. The Bertz CT molecular complexity index is 1080. The van der Waals surface area contributed by atoms with Gasteiger partial charge in [-0.3, -0.25) is 9.59 Å². The molecule has 0 amide bonds. The van der Waals surface area contributed by atoms with E-state index in [0.29, 0.717) is 13.2 Å². The Labute approximate surface area is 234 Å². The van der Waals surface area contributed by atoms with Gasteiger partial charge in [0, 0.05) is 42.7 Å². The number of para-hydroxylation sites is 1. The summed E-state index contributed by atoms with van der Waals surface area (Å²) in [7, 11) is 1.58. The highest BCUT2D eigenvalue weighted by molar-refractivity contribution is 6.30. The van der Waals surface area contributed by atoms with Crippen molar-refractivity contribution < 1.29 is 33.3 Å². The maximum absolute atomic E-state index is 11.5. The molecule has 0 radical (unpaired) electrons. The van der Waals surface area contributed by atoms with Crippen molar-refractivity contribution in [1.82, 2.24) is 5.32 Å². The predicted molar refractivity (Wildman–Crippen MR) is 150 cm³/mol. The smallest absolute Gasteiger partial charge is 0.330 e. The number of rotatable bonds is 15. The van der Waals surface area contributed by atoms with Crippen LogP contribution in [0.25, 0.3) is 0 Å². The van der Waals surface area contributed by atoms with Crippen molar-refractivity contribution in [3.05, 3.63) is 83.3 Å². The van der Waals surface area contributed by atoms with Gasteiger partial charge in [0.2, 0.25) is 0 Å². The number of nitrogens with one attached hydrogen (secondary N) is 1. The maximum atomic E-state index is 11.5. The molecule has 2 aromatic rings. The SMILES string of the molecule is COCCOC(=O)/C=C/CNCCCCN1c2ccccc2CCc2ccc(Cl)cc21.O=CO/C=C\OC=O. The van der Waals surface area contributed by atoms with Crippen LogP contribution in [-0.2, 0) is 46.2 Å². The number of halogens is 1. The molecule has 9 nitrogen and oxygen atoms in total. The van der Waals surface area contributed by atoms with Crippen LogP contribution in [-0.4, -0.2) is 58.9 Å². The molecule has 0 aliphatic carbocycles. The second kappa shape index (κ2) is 19.4. The molecule has 210 valence electrons. The van der Waals surface area contributed by atoms with E-state index in [2.05, 4.69) is 56.1 Å². The molecule has 0 aromatic heterocycles. The van der Waals surface area contributed by atoms with E-state index in [4.69, 9.17) is 21.1 Å². The highest BCUT2D eigenvalue weighted by Gasteiger charge is 2.20. The lowest BCUT2D eigenvalue weighted by Crippen LogP contribution is -2.22. The molecule has 2 aromatic carbocycles. The molecule has 0 atom stereocenters. The van der Waals surface area contributed by atoms with Crippen LogP contribution in [0.2, 0.25) is 5.02 Å². The summed E-state index contributed by atoms with van der Waals surface area (Å²) in [5.74, 6) is -0.337. The van der Waals surface area contributed by atoms with Crippen molar-refractivity contribution in [2.45, 2.75) is 25.7 Å². The van der Waals surface area contributed by atoms with Crippen molar-refractivity contribution in [2.24, 2.45) is 0 Å². The Morgan fingerprint density at radius 3 is 2.41 bits per heavy atom. The number of ether oxygens (including phenoxy) is 4. The molecule has 39 heavy (non-hydrogen) atoms. The third-order valence-electron chi connectivity index (χ3n) is 5.64. The number of anilines is 2. The summed E-state index contributed by atoms with van der Waals surface area (Å²) in [5, 5.41) is 4.12. The fourth-order valence-corrected chi connectivity index (χ4v) is 4.05. The molecule has 3 rings (SSSR count). The third kappa shape index (κ3) is 12.2. The van der Waals surface area contributed by atoms with Crippen molar-refractivity contribution >= 4 is 41.9 Å². The summed E-state index contributed by atoms with van der Waals surface area (Å²) >= 11 is 6.33. The van der Waals surface area contributed by atoms with E-state index < -0.39 is 0 Å². The molecule has 0 saturated heterocycles. The number of fused-ring (bicyclic) bond motifs is 2. The number of benzene rings is 2. The molecule has 1 aliphatic rings. The molecule has 1 heterocycles. The number of unbranched alkanes of at least 4 members (excludes halogenated alkanes) is 1. The van der Waals surface area contributed by atoms with Crippen molar-refractivity contribution in [1.29, 1.82) is 0 Å². The second-order valence-corrected chi connectivity index (χ2v) is 8.70. The van der Waals surface area contributed by atoms with E-state index >= 15 is 0 Å². The number of hydrogen-bond donors (Lipinski definition) is 1. The Kier molecular flexibility index (Phi) is 15.7. The third-order valence-corrected chi connectivity index (χ3v) is 5.88. The van der Waals surface area contributed by atoms with Gasteiger partial charge in [-0.15, -0.1) is 0 Å². The van der Waals surface area contributed by atoms with Crippen LogP contribution in [0.3, 0.4) is 0 Å². The first-order valence-corrected chi connectivity index (χ1v) is 13.0. The van der Waals surface area contributed by atoms with Gasteiger partial charge in [0.05, 0.1) is 6.61 Å². The lowest BCUT2D eigenvalue weighted by atomic mass is 10.0. The number of methoxy groups -OCH3 is 1. The number of hydrogen-bond acceptors (Lipinski definition) is 9. The molecular weight excluding hydrogens is 524 g/mol. The molecule has 0 fully saturated rings. The molecular formula is C29H35ClN2O7. The zero-order valence-electron chi connectivity index (χ0n) is 22.1. The summed E-state index contributed by atoms with van der Waals surface area (Å²) in [5.41, 5.74) is 5.24. The van der Waals surface area contributed by atoms with E-state index in [9.17, 15) is 14.4 Å². The molecule has 0 saturated carbocycles. The zero-order valence-corrected chi connectivity index (χ0v) is 22.8. The van der Waals surface area contributed by atoms with E-state index in [1.807, 2.05) is 6.07 Å². The quantitative estimate of drug-likeness (QED) is 0.0845. The predicted octanol–water partition coefficient (Wildman–Crippen LogP) is 4.50. The average molecular weight is 559 g/mol. The number of carbonyl (C=O) groups is 3. The molecule has 1 N–H and O–H groups in total. The van der Waals surface area contributed by atoms with Gasteiger partial charge in [0.1, 0.15) is 19.1 Å². The van der Waals surface area contributed by atoms with Gasteiger partial charge in [-0.05, 0) is 61.6 Å². The summed E-state index contributed by atoms with van der Waals surface area (Å²) in [4.78, 5) is 32.6. The van der Waals surface area contributed by atoms with E-state index in [0.717, 1.165) is 56.3 Å². The Morgan fingerprint density at radius 2 is 1.69 bits per heavy atom. The Hall–Kier alpha value is -3.66. The molecule has 1 aliphatic heterocycles. The summed E-state index contributed by atoms with van der Waals surface area (Å²) < 4.78 is 17.8. The first kappa shape index (κ1) is 31.6. The van der Waals surface area contributed by atoms with Crippen molar-refractivity contribution in [3.8, 4) is 0 Å². The minimum atomic E-state index is -0.337. The number of nitrogens with zero attached hydrogens (tertiary/aromatic N) is 1. The first-order chi connectivity index (χ1) is 19.1. The lowest BCUT2D eigenvalue weighted by molar-refractivity contribution is -0.139. The van der Waals surface area contributed by atoms with Crippen LogP contribution in [0.5, 0.6) is 0 Å². The van der Waals surface area contributed by atoms with Gasteiger partial charge in [0.25, 0.3) is 12.9 Å². The molecule has 0 spiro atoms. The normalized spacial score (nSPS) is 12.1. The summed E-state index contributed by atoms with van der Waals surface area (Å²) in [6.45, 7) is 3.59. The molecule has 0 unspecified atom stereocenters.